The summed E-state index contributed by atoms with van der Waals surface area (Å²) in [6, 6.07) is 5.51. The molecule has 0 heterocycles. The minimum atomic E-state index is -0.363. The third kappa shape index (κ3) is 5.58. The number of carbonyl (C=O) groups is 2. The van der Waals surface area contributed by atoms with Crippen LogP contribution in [0.5, 0.6) is 5.75 Å². The van der Waals surface area contributed by atoms with Crippen LogP contribution in [0.4, 0.5) is 0 Å². The number of hydrogen-bond donors (Lipinski definition) is 0. The minimum Gasteiger partial charge on any atom is -0.493 e. The van der Waals surface area contributed by atoms with Crippen LogP contribution in [-0.2, 0) is 16.0 Å². The number of carbonyl (C=O) groups excluding carboxylic acids is 2. The molecule has 1 aromatic rings. The van der Waals surface area contributed by atoms with Gasteiger partial charge in [-0.2, -0.15) is 0 Å². The number of ether oxygens (including phenoxy) is 2. The first-order valence-electron chi connectivity index (χ1n) is 7.33. The molecule has 0 aliphatic heterocycles. The van der Waals surface area contributed by atoms with Gasteiger partial charge in [0.1, 0.15) is 5.75 Å². The summed E-state index contributed by atoms with van der Waals surface area (Å²) < 4.78 is 10.2. The van der Waals surface area contributed by atoms with Gasteiger partial charge in [0.15, 0.2) is 5.78 Å². The Labute approximate surface area is 126 Å². The number of rotatable bonds is 8. The molecule has 0 saturated heterocycles. The molecule has 0 radical (unpaired) electrons. The molecule has 0 fully saturated rings. The highest BCUT2D eigenvalue weighted by Crippen LogP contribution is 2.21. The van der Waals surface area contributed by atoms with E-state index in [-0.39, 0.29) is 24.6 Å². The smallest absolute Gasteiger partial charge is 0.305 e. The van der Waals surface area contributed by atoms with Crippen LogP contribution in [0.25, 0.3) is 0 Å². The molecule has 0 saturated carbocycles. The molecule has 0 bridgehead atoms. The predicted molar refractivity (Wildman–Crippen MR) is 81.7 cm³/mol. The van der Waals surface area contributed by atoms with E-state index in [0.29, 0.717) is 18.1 Å². The monoisotopic (exact) mass is 292 g/mol. The lowest BCUT2D eigenvalue weighted by atomic mass is 9.98. The molecule has 0 atom stereocenters. The van der Waals surface area contributed by atoms with Gasteiger partial charge in [0.25, 0.3) is 0 Å². The standard InChI is InChI=1S/C17H24O4/c1-5-13-10-14(21-11-12(2)3)6-7-15(13)16(18)8-9-17(19)20-4/h6-7,10,12H,5,8-9,11H2,1-4H3. The fraction of sp³-hybridized carbons (Fsp3) is 0.529. The van der Waals surface area contributed by atoms with Crippen LogP contribution in [0.3, 0.4) is 0 Å². The number of ketones is 1. The van der Waals surface area contributed by atoms with E-state index >= 15 is 0 Å². The molecule has 0 spiro atoms. The third-order valence-electron chi connectivity index (χ3n) is 3.13. The molecule has 1 rings (SSSR count). The molecule has 0 amide bonds. The second kappa shape index (κ2) is 8.45. The average molecular weight is 292 g/mol. The van der Waals surface area contributed by atoms with Crippen LogP contribution in [0.15, 0.2) is 18.2 Å². The highest BCUT2D eigenvalue weighted by molar-refractivity contribution is 5.99. The quantitative estimate of drug-likeness (QED) is 0.544. The Bertz CT molecular complexity index is 492. The molecule has 4 nitrogen and oxygen atoms in total. The van der Waals surface area contributed by atoms with Crippen molar-refractivity contribution in [1.29, 1.82) is 0 Å². The van der Waals surface area contributed by atoms with Crippen molar-refractivity contribution in [3.8, 4) is 5.75 Å². The van der Waals surface area contributed by atoms with Crippen molar-refractivity contribution in [3.05, 3.63) is 29.3 Å². The first kappa shape index (κ1) is 17.2. The minimum absolute atomic E-state index is 0.0346. The van der Waals surface area contributed by atoms with E-state index in [1.807, 2.05) is 19.1 Å². The molecule has 116 valence electrons. The largest absolute Gasteiger partial charge is 0.493 e. The first-order valence-corrected chi connectivity index (χ1v) is 7.33. The second-order valence-corrected chi connectivity index (χ2v) is 5.38. The maximum absolute atomic E-state index is 12.2. The van der Waals surface area contributed by atoms with Crippen molar-refractivity contribution < 1.29 is 19.1 Å². The Kier molecular flexibility index (Phi) is 6.92. The lowest BCUT2D eigenvalue weighted by Crippen LogP contribution is -2.09. The summed E-state index contributed by atoms with van der Waals surface area (Å²) in [7, 11) is 1.32. The van der Waals surface area contributed by atoms with Gasteiger partial charge in [0, 0.05) is 12.0 Å². The second-order valence-electron chi connectivity index (χ2n) is 5.38. The van der Waals surface area contributed by atoms with Crippen LogP contribution in [-0.4, -0.2) is 25.5 Å². The molecule has 0 N–H and O–H groups in total. The zero-order valence-corrected chi connectivity index (χ0v) is 13.3. The normalized spacial score (nSPS) is 10.5. The van der Waals surface area contributed by atoms with Gasteiger partial charge < -0.3 is 9.47 Å². The van der Waals surface area contributed by atoms with Crippen molar-refractivity contribution in [2.24, 2.45) is 5.92 Å². The Hall–Kier alpha value is -1.84. The van der Waals surface area contributed by atoms with Crippen molar-refractivity contribution in [2.75, 3.05) is 13.7 Å². The molecule has 4 heteroatoms. The summed E-state index contributed by atoms with van der Waals surface area (Å²) in [6.07, 6.45) is 1.04. The molecular weight excluding hydrogens is 268 g/mol. The topological polar surface area (TPSA) is 52.6 Å². The van der Waals surface area contributed by atoms with Gasteiger partial charge in [0.2, 0.25) is 0 Å². The Morgan fingerprint density at radius 3 is 2.48 bits per heavy atom. The number of hydrogen-bond acceptors (Lipinski definition) is 4. The zero-order valence-electron chi connectivity index (χ0n) is 13.3. The van der Waals surface area contributed by atoms with Gasteiger partial charge in [0.05, 0.1) is 20.1 Å². The highest BCUT2D eigenvalue weighted by Gasteiger charge is 2.13. The Balaban J connectivity index is 2.78. The lowest BCUT2D eigenvalue weighted by Gasteiger charge is -2.12. The third-order valence-corrected chi connectivity index (χ3v) is 3.13. The van der Waals surface area contributed by atoms with E-state index in [1.54, 1.807) is 6.07 Å². The number of benzene rings is 1. The fourth-order valence-corrected chi connectivity index (χ4v) is 1.94. The average Bonchev–Trinajstić information content (AvgIpc) is 2.49. The first-order chi connectivity index (χ1) is 9.97. The van der Waals surface area contributed by atoms with E-state index in [2.05, 4.69) is 18.6 Å². The van der Waals surface area contributed by atoms with E-state index in [0.717, 1.165) is 17.7 Å². The van der Waals surface area contributed by atoms with Crippen molar-refractivity contribution in [1.82, 2.24) is 0 Å². The van der Waals surface area contributed by atoms with Gasteiger partial charge in [-0.3, -0.25) is 9.59 Å². The summed E-state index contributed by atoms with van der Waals surface area (Å²) in [5.41, 5.74) is 1.62. The predicted octanol–water partition coefficient (Wildman–Crippen LogP) is 3.42. The number of Topliss-reactive ketones (excluding diaryl/α,β-unsaturated/α-hetero) is 1. The highest BCUT2D eigenvalue weighted by atomic mass is 16.5. The van der Waals surface area contributed by atoms with Crippen LogP contribution in [0.1, 0.15) is 49.5 Å². The van der Waals surface area contributed by atoms with Gasteiger partial charge >= 0.3 is 5.97 Å². The summed E-state index contributed by atoms with van der Waals surface area (Å²) in [4.78, 5) is 23.3. The van der Waals surface area contributed by atoms with Gasteiger partial charge in [-0.15, -0.1) is 0 Å². The van der Waals surface area contributed by atoms with E-state index in [9.17, 15) is 9.59 Å². The maximum atomic E-state index is 12.2. The molecular formula is C17H24O4. The SMILES string of the molecule is CCc1cc(OCC(C)C)ccc1C(=O)CCC(=O)OC. The van der Waals surface area contributed by atoms with Gasteiger partial charge in [-0.05, 0) is 36.1 Å². The van der Waals surface area contributed by atoms with Crippen LogP contribution in [0.2, 0.25) is 0 Å². The summed E-state index contributed by atoms with van der Waals surface area (Å²) in [5.74, 6) is 0.840. The number of methoxy groups -OCH3 is 1. The molecule has 0 aliphatic carbocycles. The lowest BCUT2D eigenvalue weighted by molar-refractivity contribution is -0.140. The van der Waals surface area contributed by atoms with E-state index in [4.69, 9.17) is 4.74 Å². The zero-order chi connectivity index (χ0) is 15.8. The Morgan fingerprint density at radius 1 is 1.19 bits per heavy atom. The maximum Gasteiger partial charge on any atom is 0.305 e. The summed E-state index contributed by atoms with van der Waals surface area (Å²) in [5, 5.41) is 0. The molecule has 1 aromatic carbocycles. The van der Waals surface area contributed by atoms with E-state index in [1.165, 1.54) is 7.11 Å². The number of esters is 1. The Morgan fingerprint density at radius 2 is 1.90 bits per heavy atom. The number of aryl methyl sites for hydroxylation is 1. The molecule has 0 unspecified atom stereocenters. The molecule has 21 heavy (non-hydrogen) atoms. The van der Waals surface area contributed by atoms with Crippen LogP contribution >= 0.6 is 0 Å². The molecule has 0 aliphatic rings. The van der Waals surface area contributed by atoms with Crippen LogP contribution in [0, 0.1) is 5.92 Å². The fourth-order valence-electron chi connectivity index (χ4n) is 1.94. The van der Waals surface area contributed by atoms with Crippen molar-refractivity contribution in [2.45, 2.75) is 40.0 Å². The van der Waals surface area contributed by atoms with Gasteiger partial charge in [-0.1, -0.05) is 20.8 Å². The summed E-state index contributed by atoms with van der Waals surface area (Å²) >= 11 is 0. The van der Waals surface area contributed by atoms with E-state index < -0.39 is 0 Å². The summed E-state index contributed by atoms with van der Waals surface area (Å²) in [6.45, 7) is 6.83. The van der Waals surface area contributed by atoms with Gasteiger partial charge in [-0.25, -0.2) is 0 Å². The van der Waals surface area contributed by atoms with Crippen molar-refractivity contribution >= 4 is 11.8 Å². The van der Waals surface area contributed by atoms with Crippen molar-refractivity contribution in [3.63, 3.8) is 0 Å². The molecule has 0 aromatic heterocycles. The van der Waals surface area contributed by atoms with Crippen LogP contribution < -0.4 is 4.74 Å².